The molecule has 0 radical (unpaired) electrons. The van der Waals surface area contributed by atoms with Crippen LogP contribution in [0.5, 0.6) is 0 Å². The zero-order valence-corrected chi connectivity index (χ0v) is 18.2. The largest absolute Gasteiger partial charge is 0.0654 e. The molecule has 0 amide bonds. The van der Waals surface area contributed by atoms with E-state index in [2.05, 4.69) is 62.4 Å². The van der Waals surface area contributed by atoms with Gasteiger partial charge in [-0.05, 0) is 53.5 Å². The molecule has 25 heavy (non-hydrogen) atoms. The molecule has 130 valence electrons. The van der Waals surface area contributed by atoms with E-state index in [4.69, 9.17) is 0 Å². The normalized spacial score (nSPS) is 12.5. The molecule has 0 aromatic heterocycles. The summed E-state index contributed by atoms with van der Waals surface area (Å²) in [6, 6.07) is 16.0. The van der Waals surface area contributed by atoms with Gasteiger partial charge in [0, 0.05) is 26.2 Å². The van der Waals surface area contributed by atoms with Gasteiger partial charge in [0.1, 0.15) is 0 Å². The van der Waals surface area contributed by atoms with Crippen molar-refractivity contribution in [3.05, 3.63) is 64.7 Å². The van der Waals surface area contributed by atoms with Crippen LogP contribution < -0.4 is 0 Å². The molecule has 0 saturated heterocycles. The van der Waals surface area contributed by atoms with Crippen LogP contribution in [0.15, 0.2) is 48.0 Å². The molecule has 1 aliphatic rings. The molecule has 1 aliphatic carbocycles. The van der Waals surface area contributed by atoms with E-state index in [-0.39, 0.29) is 26.2 Å². The average molecular weight is 410 g/mol. The Bertz CT molecular complexity index is 695. The SMILES string of the molecule is CCCCCCC1=Cc2c(cccc2-c2ccc(CCC)cc2)C1.[Zr]. The Labute approximate surface area is 172 Å². The van der Waals surface area contributed by atoms with Gasteiger partial charge in [-0.2, -0.15) is 0 Å². The van der Waals surface area contributed by atoms with Crippen molar-refractivity contribution in [2.24, 2.45) is 0 Å². The van der Waals surface area contributed by atoms with E-state index in [0.717, 1.165) is 6.42 Å². The van der Waals surface area contributed by atoms with Gasteiger partial charge in [0.25, 0.3) is 0 Å². The minimum absolute atomic E-state index is 0. The number of fused-ring (bicyclic) bond motifs is 1. The Morgan fingerprint density at radius 2 is 1.60 bits per heavy atom. The molecule has 0 aliphatic heterocycles. The summed E-state index contributed by atoms with van der Waals surface area (Å²) in [5.74, 6) is 0. The van der Waals surface area contributed by atoms with Crippen molar-refractivity contribution >= 4 is 6.08 Å². The van der Waals surface area contributed by atoms with E-state index < -0.39 is 0 Å². The van der Waals surface area contributed by atoms with Crippen molar-refractivity contribution in [1.29, 1.82) is 0 Å². The summed E-state index contributed by atoms with van der Waals surface area (Å²) < 4.78 is 0. The molecule has 2 aromatic carbocycles. The number of rotatable bonds is 8. The first kappa shape index (κ1) is 20.4. The standard InChI is InChI=1S/C24H30.Zr/c1-3-5-6-7-10-20-17-22-11-8-12-23(24(22)18-20)21-15-13-19(9-4-2)14-16-21;/h8,11-16,18H,3-7,9-10,17H2,1-2H3;. The average Bonchev–Trinajstić information content (AvgIpc) is 3.03. The van der Waals surface area contributed by atoms with Gasteiger partial charge in [0.15, 0.2) is 0 Å². The topological polar surface area (TPSA) is 0 Å². The first-order chi connectivity index (χ1) is 11.8. The number of benzene rings is 2. The molecule has 3 rings (SSSR count). The summed E-state index contributed by atoms with van der Waals surface area (Å²) in [7, 11) is 0. The molecular formula is C24H30Zr. The Kier molecular flexibility index (Phi) is 8.37. The third-order valence-electron chi connectivity index (χ3n) is 5.12. The second kappa shape index (κ2) is 10.3. The van der Waals surface area contributed by atoms with Crippen LogP contribution in [0.3, 0.4) is 0 Å². The van der Waals surface area contributed by atoms with Crippen LogP contribution in [0.4, 0.5) is 0 Å². The summed E-state index contributed by atoms with van der Waals surface area (Å²) in [5, 5.41) is 0. The zero-order valence-electron chi connectivity index (χ0n) is 15.8. The molecule has 0 unspecified atom stereocenters. The van der Waals surface area contributed by atoms with Crippen molar-refractivity contribution in [3.8, 4) is 11.1 Å². The molecule has 0 atom stereocenters. The van der Waals surface area contributed by atoms with Crippen molar-refractivity contribution < 1.29 is 26.2 Å². The van der Waals surface area contributed by atoms with Gasteiger partial charge >= 0.3 is 0 Å². The second-order valence-electron chi connectivity index (χ2n) is 7.12. The van der Waals surface area contributed by atoms with Gasteiger partial charge in [-0.3, -0.25) is 0 Å². The van der Waals surface area contributed by atoms with Crippen LogP contribution in [-0.2, 0) is 39.0 Å². The zero-order chi connectivity index (χ0) is 16.8. The molecule has 2 aromatic rings. The van der Waals surface area contributed by atoms with Crippen LogP contribution in [0.25, 0.3) is 17.2 Å². The first-order valence-corrected chi connectivity index (χ1v) is 9.72. The molecule has 0 fully saturated rings. The molecule has 0 spiro atoms. The summed E-state index contributed by atoms with van der Waals surface area (Å²) >= 11 is 0. The monoisotopic (exact) mass is 408 g/mol. The molecule has 0 heterocycles. The van der Waals surface area contributed by atoms with E-state index in [1.54, 1.807) is 5.57 Å². The number of unbranched alkanes of at least 4 members (excludes halogenated alkanes) is 3. The molecule has 0 saturated carbocycles. The Morgan fingerprint density at radius 1 is 0.800 bits per heavy atom. The summed E-state index contributed by atoms with van der Waals surface area (Å²) in [6.07, 6.45) is 12.7. The summed E-state index contributed by atoms with van der Waals surface area (Å²) in [5.41, 5.74) is 8.80. The summed E-state index contributed by atoms with van der Waals surface area (Å²) in [4.78, 5) is 0. The quantitative estimate of drug-likeness (QED) is 0.404. The van der Waals surface area contributed by atoms with Crippen molar-refractivity contribution in [3.63, 3.8) is 0 Å². The number of aryl methyl sites for hydroxylation is 1. The fraction of sp³-hybridized carbons (Fsp3) is 0.417. The van der Waals surface area contributed by atoms with Gasteiger partial charge in [-0.15, -0.1) is 0 Å². The van der Waals surface area contributed by atoms with Gasteiger partial charge < -0.3 is 0 Å². The van der Waals surface area contributed by atoms with Crippen LogP contribution >= 0.6 is 0 Å². The van der Waals surface area contributed by atoms with E-state index in [0.29, 0.717) is 0 Å². The fourth-order valence-corrected chi connectivity index (χ4v) is 3.77. The van der Waals surface area contributed by atoms with Gasteiger partial charge in [-0.25, -0.2) is 0 Å². The Morgan fingerprint density at radius 3 is 2.32 bits per heavy atom. The molecular weight excluding hydrogens is 379 g/mol. The van der Waals surface area contributed by atoms with Crippen molar-refractivity contribution in [2.75, 3.05) is 0 Å². The molecule has 0 N–H and O–H groups in total. The number of hydrogen-bond acceptors (Lipinski definition) is 0. The van der Waals surface area contributed by atoms with Gasteiger partial charge in [-0.1, -0.05) is 93.6 Å². The minimum atomic E-state index is 0. The van der Waals surface area contributed by atoms with Crippen LogP contribution in [-0.4, -0.2) is 0 Å². The maximum Gasteiger partial charge on any atom is 0 e. The maximum atomic E-state index is 2.47. The van der Waals surface area contributed by atoms with Gasteiger partial charge in [0.05, 0.1) is 0 Å². The first-order valence-electron chi connectivity index (χ1n) is 9.72. The third kappa shape index (κ3) is 5.27. The van der Waals surface area contributed by atoms with Gasteiger partial charge in [0.2, 0.25) is 0 Å². The van der Waals surface area contributed by atoms with Crippen LogP contribution in [0.1, 0.15) is 69.1 Å². The van der Waals surface area contributed by atoms with E-state index in [9.17, 15) is 0 Å². The Hall–Kier alpha value is -0.937. The minimum Gasteiger partial charge on any atom is -0.0654 e. The third-order valence-corrected chi connectivity index (χ3v) is 5.12. The van der Waals surface area contributed by atoms with E-state index >= 15 is 0 Å². The predicted molar refractivity (Wildman–Crippen MR) is 106 cm³/mol. The molecule has 0 bridgehead atoms. The maximum absolute atomic E-state index is 2.47. The number of hydrogen-bond donors (Lipinski definition) is 0. The molecule has 1 heteroatoms. The molecule has 0 nitrogen and oxygen atoms in total. The van der Waals surface area contributed by atoms with Crippen molar-refractivity contribution in [2.45, 2.75) is 65.2 Å². The van der Waals surface area contributed by atoms with Crippen LogP contribution in [0, 0.1) is 0 Å². The van der Waals surface area contributed by atoms with E-state index in [1.807, 2.05) is 0 Å². The predicted octanol–water partition coefficient (Wildman–Crippen LogP) is 7.21. The second-order valence-corrected chi connectivity index (χ2v) is 7.12. The van der Waals surface area contributed by atoms with Crippen molar-refractivity contribution in [1.82, 2.24) is 0 Å². The smallest absolute Gasteiger partial charge is 0 e. The van der Waals surface area contributed by atoms with Crippen LogP contribution in [0.2, 0.25) is 0 Å². The fourth-order valence-electron chi connectivity index (χ4n) is 3.77. The van der Waals surface area contributed by atoms with E-state index in [1.165, 1.54) is 72.8 Å². The Balaban J connectivity index is 0.00000225. The number of allylic oxidation sites excluding steroid dienone is 1. The summed E-state index contributed by atoms with van der Waals surface area (Å²) in [6.45, 7) is 4.52.